The smallest absolute Gasteiger partial charge is 0.322 e. The number of β-lactam (4-membered cyclic amide) rings is 1. The number of aryl methyl sites for hydroxylation is 2. The molecule has 1 aromatic rings. The largest absolute Gasteiger partial charge is 0.480 e. The van der Waals surface area contributed by atoms with Crippen molar-refractivity contribution in [1.82, 2.24) is 9.88 Å². The van der Waals surface area contributed by atoms with Crippen LogP contribution in [0.3, 0.4) is 0 Å². The van der Waals surface area contributed by atoms with Crippen molar-refractivity contribution in [3.05, 3.63) is 23.4 Å². The van der Waals surface area contributed by atoms with Crippen molar-refractivity contribution >= 4 is 17.7 Å². The van der Waals surface area contributed by atoms with Gasteiger partial charge in [0.2, 0.25) is 5.91 Å². The molecule has 2 aliphatic rings. The number of hydrogen-bond donors (Lipinski definition) is 3. The quantitative estimate of drug-likeness (QED) is 0.632. The number of anilines is 1. The van der Waals surface area contributed by atoms with Crippen molar-refractivity contribution in [2.75, 3.05) is 25.0 Å². The Morgan fingerprint density at radius 2 is 2.33 bits per heavy atom. The molecule has 7 heteroatoms. The molecular weight excluding hydrogens is 308 g/mol. The van der Waals surface area contributed by atoms with Gasteiger partial charge in [-0.15, -0.1) is 0 Å². The summed E-state index contributed by atoms with van der Waals surface area (Å²) in [6.45, 7) is 1.69. The van der Waals surface area contributed by atoms with Gasteiger partial charge < -0.3 is 21.1 Å². The summed E-state index contributed by atoms with van der Waals surface area (Å²) in [5.74, 6) is -0.0424. The minimum atomic E-state index is -1.07. The van der Waals surface area contributed by atoms with Crippen LogP contribution in [0.2, 0.25) is 0 Å². The van der Waals surface area contributed by atoms with Gasteiger partial charge in [0.1, 0.15) is 11.9 Å². The summed E-state index contributed by atoms with van der Waals surface area (Å²) in [5, 5.41) is 12.1. The second-order valence-corrected chi connectivity index (χ2v) is 6.62. The molecule has 7 nitrogen and oxygen atoms in total. The van der Waals surface area contributed by atoms with E-state index in [1.165, 1.54) is 10.5 Å². The summed E-state index contributed by atoms with van der Waals surface area (Å²) < 4.78 is 0. The standard InChI is InChI=1S/C17H24N4O3/c18-14(17(23)24)10-21-9-12(16(21)22)3-1-5-13-7-6-11-4-2-8-19-15(11)20-13/h6-7,12,14H,1-5,8-10,18H2,(H,19,20)(H,23,24)/t12?,14-/m0/s1. The molecule has 1 unspecified atom stereocenters. The lowest BCUT2D eigenvalue weighted by Gasteiger charge is -2.39. The normalized spacial score (nSPS) is 20.8. The number of hydrogen-bond acceptors (Lipinski definition) is 5. The molecule has 4 N–H and O–H groups in total. The molecule has 1 fully saturated rings. The van der Waals surface area contributed by atoms with Gasteiger partial charge in [-0.2, -0.15) is 0 Å². The van der Waals surface area contributed by atoms with E-state index in [4.69, 9.17) is 10.8 Å². The average Bonchev–Trinajstić information content (AvgIpc) is 2.59. The molecule has 3 heterocycles. The van der Waals surface area contributed by atoms with Crippen LogP contribution in [0.1, 0.15) is 30.5 Å². The maximum Gasteiger partial charge on any atom is 0.322 e. The van der Waals surface area contributed by atoms with Crippen LogP contribution in [0.25, 0.3) is 0 Å². The summed E-state index contributed by atoms with van der Waals surface area (Å²) in [5.41, 5.74) is 7.80. The lowest BCUT2D eigenvalue weighted by Crippen LogP contribution is -2.57. The zero-order valence-electron chi connectivity index (χ0n) is 13.7. The molecule has 0 spiro atoms. The van der Waals surface area contributed by atoms with Crippen molar-refractivity contribution in [3.8, 4) is 0 Å². The molecule has 24 heavy (non-hydrogen) atoms. The van der Waals surface area contributed by atoms with E-state index in [1.54, 1.807) is 0 Å². The summed E-state index contributed by atoms with van der Waals surface area (Å²) >= 11 is 0. The number of nitrogens with one attached hydrogen (secondary N) is 1. The van der Waals surface area contributed by atoms with E-state index in [2.05, 4.69) is 22.4 Å². The van der Waals surface area contributed by atoms with E-state index in [9.17, 15) is 9.59 Å². The Labute approximate surface area is 141 Å². The van der Waals surface area contributed by atoms with Gasteiger partial charge in [0, 0.05) is 25.3 Å². The number of pyridine rings is 1. The van der Waals surface area contributed by atoms with Crippen LogP contribution in [0.15, 0.2) is 12.1 Å². The topological polar surface area (TPSA) is 109 Å². The molecule has 0 aromatic carbocycles. The molecule has 0 saturated carbocycles. The lowest BCUT2D eigenvalue weighted by atomic mass is 9.91. The van der Waals surface area contributed by atoms with Crippen LogP contribution in [0.5, 0.6) is 0 Å². The van der Waals surface area contributed by atoms with Gasteiger partial charge in [0.05, 0.1) is 5.92 Å². The first kappa shape index (κ1) is 16.7. The summed E-state index contributed by atoms with van der Waals surface area (Å²) in [6.07, 6.45) is 4.80. The van der Waals surface area contributed by atoms with Gasteiger partial charge in [-0.25, -0.2) is 4.98 Å². The third-order valence-electron chi connectivity index (χ3n) is 4.77. The Kier molecular flexibility index (Phi) is 4.99. The van der Waals surface area contributed by atoms with Crippen LogP contribution < -0.4 is 11.1 Å². The molecule has 0 bridgehead atoms. The molecular formula is C17H24N4O3. The summed E-state index contributed by atoms with van der Waals surface area (Å²) in [7, 11) is 0. The van der Waals surface area contributed by atoms with Crippen LogP contribution in [0.4, 0.5) is 5.82 Å². The highest BCUT2D eigenvalue weighted by molar-refractivity contribution is 5.85. The Morgan fingerprint density at radius 3 is 3.08 bits per heavy atom. The fourth-order valence-corrected chi connectivity index (χ4v) is 3.31. The summed E-state index contributed by atoms with van der Waals surface area (Å²) in [4.78, 5) is 28.9. The number of rotatable bonds is 7. The van der Waals surface area contributed by atoms with Gasteiger partial charge >= 0.3 is 5.97 Å². The van der Waals surface area contributed by atoms with E-state index in [0.29, 0.717) is 6.54 Å². The van der Waals surface area contributed by atoms with E-state index in [-0.39, 0.29) is 18.4 Å². The first-order valence-electron chi connectivity index (χ1n) is 8.54. The number of carbonyl (C=O) groups excluding carboxylic acids is 1. The number of carboxylic acids is 1. The van der Waals surface area contributed by atoms with Crippen molar-refractivity contribution in [2.45, 2.75) is 38.1 Å². The monoisotopic (exact) mass is 332 g/mol. The number of likely N-dealkylation sites (tertiary alicyclic amines) is 1. The van der Waals surface area contributed by atoms with Crippen LogP contribution in [-0.2, 0) is 22.4 Å². The molecule has 3 rings (SSSR count). The molecule has 2 aliphatic heterocycles. The number of aromatic nitrogens is 1. The first-order valence-corrected chi connectivity index (χ1v) is 8.54. The second kappa shape index (κ2) is 7.17. The fraction of sp³-hybridized carbons (Fsp3) is 0.588. The van der Waals surface area contributed by atoms with Crippen LogP contribution in [-0.4, -0.2) is 52.5 Å². The number of carbonyl (C=O) groups is 2. The van der Waals surface area contributed by atoms with Crippen molar-refractivity contribution in [2.24, 2.45) is 11.7 Å². The first-order chi connectivity index (χ1) is 11.5. The minimum absolute atomic E-state index is 0.00162. The number of amides is 1. The number of carboxylic acid groups (broad SMARTS) is 1. The fourth-order valence-electron chi connectivity index (χ4n) is 3.31. The van der Waals surface area contributed by atoms with Gasteiger partial charge in [-0.05, 0) is 43.7 Å². The number of fused-ring (bicyclic) bond motifs is 1. The highest BCUT2D eigenvalue weighted by Crippen LogP contribution is 2.24. The Morgan fingerprint density at radius 1 is 1.50 bits per heavy atom. The molecule has 1 saturated heterocycles. The maximum atomic E-state index is 12.0. The molecule has 1 aromatic heterocycles. The van der Waals surface area contributed by atoms with Gasteiger partial charge in [-0.3, -0.25) is 9.59 Å². The maximum absolute atomic E-state index is 12.0. The summed E-state index contributed by atoms with van der Waals surface area (Å²) in [6, 6.07) is 3.22. The van der Waals surface area contributed by atoms with E-state index in [1.807, 2.05) is 0 Å². The Balaban J connectivity index is 1.41. The molecule has 1 amide bonds. The third kappa shape index (κ3) is 3.67. The van der Waals surface area contributed by atoms with E-state index < -0.39 is 12.0 Å². The third-order valence-corrected chi connectivity index (χ3v) is 4.77. The predicted molar refractivity (Wildman–Crippen MR) is 89.7 cm³/mol. The molecule has 0 radical (unpaired) electrons. The van der Waals surface area contributed by atoms with Crippen molar-refractivity contribution in [3.63, 3.8) is 0 Å². The zero-order chi connectivity index (χ0) is 17.1. The number of aliphatic carboxylic acids is 1. The Bertz CT molecular complexity index is 634. The van der Waals surface area contributed by atoms with E-state index >= 15 is 0 Å². The Hall–Kier alpha value is -2.15. The highest BCUT2D eigenvalue weighted by atomic mass is 16.4. The van der Waals surface area contributed by atoms with Crippen LogP contribution >= 0.6 is 0 Å². The number of nitrogens with two attached hydrogens (primary N) is 1. The molecule has 2 atom stereocenters. The lowest BCUT2D eigenvalue weighted by molar-refractivity contribution is -0.150. The number of nitrogens with zero attached hydrogens (tertiary/aromatic N) is 2. The van der Waals surface area contributed by atoms with Gasteiger partial charge in [0.25, 0.3) is 0 Å². The minimum Gasteiger partial charge on any atom is -0.480 e. The second-order valence-electron chi connectivity index (χ2n) is 6.62. The molecule has 0 aliphatic carbocycles. The zero-order valence-corrected chi connectivity index (χ0v) is 13.7. The highest BCUT2D eigenvalue weighted by Gasteiger charge is 2.37. The SMILES string of the molecule is N[C@@H](CN1CC(CCCc2ccc3c(n2)NCCC3)C1=O)C(=O)O. The van der Waals surface area contributed by atoms with Crippen molar-refractivity contribution in [1.29, 1.82) is 0 Å². The van der Waals surface area contributed by atoms with Gasteiger partial charge in [0.15, 0.2) is 0 Å². The van der Waals surface area contributed by atoms with Crippen LogP contribution in [0, 0.1) is 5.92 Å². The average molecular weight is 332 g/mol. The van der Waals surface area contributed by atoms with E-state index in [0.717, 1.165) is 50.2 Å². The van der Waals surface area contributed by atoms with Gasteiger partial charge in [-0.1, -0.05) is 6.07 Å². The molecule has 130 valence electrons. The van der Waals surface area contributed by atoms with Crippen molar-refractivity contribution < 1.29 is 14.7 Å². The predicted octanol–water partition coefficient (Wildman–Crippen LogP) is 0.633.